The molecule has 0 atom stereocenters. The van der Waals surface area contributed by atoms with Gasteiger partial charge in [-0.3, -0.25) is 0 Å². The zero-order valence-electron chi connectivity index (χ0n) is 16.8. The van der Waals surface area contributed by atoms with E-state index in [1.807, 2.05) is 13.8 Å². The number of benzene rings is 1. The molecule has 1 aliphatic heterocycles. The van der Waals surface area contributed by atoms with Crippen molar-refractivity contribution in [3.05, 3.63) is 29.3 Å². The average Bonchev–Trinajstić information content (AvgIpc) is 2.62. The lowest BCUT2D eigenvalue weighted by Gasteiger charge is -2.57. The first kappa shape index (κ1) is 18.8. The number of halogens is 2. The fraction of sp³-hybridized carbons (Fsp3) is 0.739. The molecule has 0 spiro atoms. The molecule has 6 rings (SSSR count). The molecule has 1 aromatic rings. The standard InChI is InChI=1S/C23H30F2O3/c1-22(2)27-12-17(13-28-22)11-26-19-4-3-18(20(24)21(19)25)23-8-14-5-15(9-23)7-16(6-14)10-23/h3-4,14-17H,5-13H2,1-2H3/t14-,15-,16?,23-/m0/s1. The average molecular weight is 392 g/mol. The van der Waals surface area contributed by atoms with Gasteiger partial charge >= 0.3 is 0 Å². The van der Waals surface area contributed by atoms with Gasteiger partial charge in [0.05, 0.1) is 19.8 Å². The lowest BCUT2D eigenvalue weighted by molar-refractivity contribution is -0.264. The second kappa shape index (κ2) is 6.66. The minimum absolute atomic E-state index is 0.00388. The van der Waals surface area contributed by atoms with Crippen LogP contribution in [0, 0.1) is 35.3 Å². The lowest BCUT2D eigenvalue weighted by Crippen LogP contribution is -2.49. The quantitative estimate of drug-likeness (QED) is 0.704. The van der Waals surface area contributed by atoms with Crippen molar-refractivity contribution in [3.63, 3.8) is 0 Å². The summed E-state index contributed by atoms with van der Waals surface area (Å²) in [5.41, 5.74) is 0.428. The third-order valence-corrected chi connectivity index (χ3v) is 7.46. The summed E-state index contributed by atoms with van der Waals surface area (Å²) in [6, 6.07) is 3.42. The van der Waals surface area contributed by atoms with E-state index >= 15 is 4.39 Å². The van der Waals surface area contributed by atoms with Crippen LogP contribution < -0.4 is 4.74 Å². The summed E-state index contributed by atoms with van der Waals surface area (Å²) in [5.74, 6) is -0.0365. The first-order valence-corrected chi connectivity index (χ1v) is 10.7. The number of hydrogen-bond acceptors (Lipinski definition) is 3. The Labute approximate surface area is 165 Å². The van der Waals surface area contributed by atoms with Crippen LogP contribution in [-0.4, -0.2) is 25.6 Å². The Morgan fingerprint density at radius 3 is 2.07 bits per heavy atom. The van der Waals surface area contributed by atoms with Crippen LogP contribution >= 0.6 is 0 Å². The fourth-order valence-corrected chi connectivity index (χ4v) is 6.52. The molecule has 5 fully saturated rings. The summed E-state index contributed by atoms with van der Waals surface area (Å²) in [6.07, 6.45) is 6.90. The van der Waals surface area contributed by atoms with E-state index in [-0.39, 0.29) is 23.7 Å². The maximum atomic E-state index is 15.1. The molecule has 0 amide bonds. The zero-order chi connectivity index (χ0) is 19.5. The van der Waals surface area contributed by atoms with Crippen molar-refractivity contribution >= 4 is 0 Å². The highest BCUT2D eigenvalue weighted by atomic mass is 19.2. The van der Waals surface area contributed by atoms with E-state index in [1.54, 1.807) is 12.1 Å². The zero-order valence-corrected chi connectivity index (χ0v) is 16.8. The Morgan fingerprint density at radius 1 is 0.929 bits per heavy atom. The second-order valence-electron chi connectivity index (χ2n) is 10.1. The number of hydrogen-bond donors (Lipinski definition) is 0. The maximum absolute atomic E-state index is 15.1. The van der Waals surface area contributed by atoms with Crippen LogP contribution in [0.2, 0.25) is 0 Å². The van der Waals surface area contributed by atoms with Crippen LogP contribution in [0.15, 0.2) is 12.1 Å². The molecule has 4 bridgehead atoms. The van der Waals surface area contributed by atoms with Crippen molar-refractivity contribution in [2.24, 2.45) is 23.7 Å². The third kappa shape index (κ3) is 3.24. The van der Waals surface area contributed by atoms with E-state index in [1.165, 1.54) is 19.3 Å². The molecule has 4 aliphatic carbocycles. The van der Waals surface area contributed by atoms with Crippen LogP contribution in [-0.2, 0) is 14.9 Å². The van der Waals surface area contributed by atoms with E-state index in [2.05, 4.69) is 0 Å². The van der Waals surface area contributed by atoms with E-state index < -0.39 is 17.4 Å². The van der Waals surface area contributed by atoms with Gasteiger partial charge in [-0.1, -0.05) is 6.07 Å². The Hall–Kier alpha value is -1.20. The van der Waals surface area contributed by atoms with E-state index in [4.69, 9.17) is 14.2 Å². The van der Waals surface area contributed by atoms with Crippen molar-refractivity contribution in [2.45, 2.75) is 63.6 Å². The molecule has 4 saturated carbocycles. The maximum Gasteiger partial charge on any atom is 0.200 e. The van der Waals surface area contributed by atoms with Crippen molar-refractivity contribution in [3.8, 4) is 5.75 Å². The van der Waals surface area contributed by atoms with Crippen LogP contribution in [0.1, 0.15) is 57.9 Å². The molecule has 0 radical (unpaired) electrons. The molecular weight excluding hydrogens is 362 g/mol. The molecule has 0 aromatic heterocycles. The minimum atomic E-state index is -0.841. The SMILES string of the molecule is CC1(C)OCC(COc2ccc([C@]34CC5C[C@H](C[C@@H](C5)C3)C4)c(F)c2F)CO1. The van der Waals surface area contributed by atoms with Gasteiger partial charge in [0, 0.05) is 5.92 Å². The molecule has 5 aliphatic rings. The predicted octanol–water partition coefficient (Wildman–Crippen LogP) is 5.21. The largest absolute Gasteiger partial charge is 0.490 e. The smallest absolute Gasteiger partial charge is 0.200 e. The van der Waals surface area contributed by atoms with Crippen LogP contribution in [0.3, 0.4) is 0 Å². The minimum Gasteiger partial charge on any atom is -0.490 e. The van der Waals surface area contributed by atoms with Gasteiger partial charge < -0.3 is 14.2 Å². The highest BCUT2D eigenvalue weighted by Crippen LogP contribution is 2.61. The highest BCUT2D eigenvalue weighted by Gasteiger charge is 2.52. The molecule has 0 N–H and O–H groups in total. The Balaban J connectivity index is 1.31. The van der Waals surface area contributed by atoms with Gasteiger partial charge in [-0.25, -0.2) is 4.39 Å². The molecule has 1 aromatic carbocycles. The normalized spacial score (nSPS) is 36.6. The van der Waals surface area contributed by atoms with Gasteiger partial charge in [0.15, 0.2) is 17.4 Å². The number of rotatable bonds is 4. The van der Waals surface area contributed by atoms with Gasteiger partial charge in [-0.2, -0.15) is 4.39 Å². The van der Waals surface area contributed by atoms with Gasteiger partial charge in [0.25, 0.3) is 0 Å². The molecule has 5 heteroatoms. The monoisotopic (exact) mass is 392 g/mol. The van der Waals surface area contributed by atoms with E-state index in [0.717, 1.165) is 19.3 Å². The highest BCUT2D eigenvalue weighted by molar-refractivity contribution is 5.37. The molecule has 0 unspecified atom stereocenters. The summed E-state index contributed by atoms with van der Waals surface area (Å²) in [7, 11) is 0. The Kier molecular flexibility index (Phi) is 4.48. The summed E-state index contributed by atoms with van der Waals surface area (Å²) in [4.78, 5) is 0. The predicted molar refractivity (Wildman–Crippen MR) is 101 cm³/mol. The van der Waals surface area contributed by atoms with Crippen LogP contribution in [0.4, 0.5) is 8.78 Å². The summed E-state index contributed by atoms with van der Waals surface area (Å²) >= 11 is 0. The van der Waals surface area contributed by atoms with Crippen molar-refractivity contribution in [1.29, 1.82) is 0 Å². The Bertz CT molecular complexity index is 715. The second-order valence-corrected chi connectivity index (χ2v) is 10.1. The van der Waals surface area contributed by atoms with Crippen molar-refractivity contribution < 1.29 is 23.0 Å². The lowest BCUT2D eigenvalue weighted by atomic mass is 9.48. The van der Waals surface area contributed by atoms with Crippen LogP contribution in [0.5, 0.6) is 5.75 Å². The van der Waals surface area contributed by atoms with Gasteiger partial charge in [0.1, 0.15) is 0 Å². The molecule has 1 saturated heterocycles. The van der Waals surface area contributed by atoms with Crippen molar-refractivity contribution in [1.82, 2.24) is 0 Å². The summed E-state index contributed by atoms with van der Waals surface area (Å²) in [5, 5.41) is 0. The van der Waals surface area contributed by atoms with Crippen molar-refractivity contribution in [2.75, 3.05) is 19.8 Å². The summed E-state index contributed by atoms with van der Waals surface area (Å²) < 4.78 is 46.8. The molecule has 154 valence electrons. The molecular formula is C23H30F2O3. The molecule has 28 heavy (non-hydrogen) atoms. The Morgan fingerprint density at radius 2 is 1.50 bits per heavy atom. The topological polar surface area (TPSA) is 27.7 Å². The first-order valence-electron chi connectivity index (χ1n) is 10.7. The van der Waals surface area contributed by atoms with Crippen LogP contribution in [0.25, 0.3) is 0 Å². The van der Waals surface area contributed by atoms with Gasteiger partial charge in [-0.15, -0.1) is 0 Å². The first-order chi connectivity index (χ1) is 13.3. The fourth-order valence-electron chi connectivity index (χ4n) is 6.52. The summed E-state index contributed by atoms with van der Waals surface area (Å²) in [6.45, 7) is 4.96. The number of ether oxygens (including phenoxy) is 3. The molecule has 1 heterocycles. The van der Waals surface area contributed by atoms with Gasteiger partial charge in [-0.05, 0) is 87.2 Å². The third-order valence-electron chi connectivity index (χ3n) is 7.46. The van der Waals surface area contributed by atoms with Gasteiger partial charge in [0.2, 0.25) is 5.82 Å². The van der Waals surface area contributed by atoms with E-state index in [0.29, 0.717) is 36.5 Å². The molecule has 3 nitrogen and oxygen atoms in total. The van der Waals surface area contributed by atoms with E-state index in [9.17, 15) is 4.39 Å².